The average Bonchev–Trinajstić information content (AvgIpc) is 1.83. The number of nitrogens with two attached hydrogens (primary N) is 1. The van der Waals surface area contributed by atoms with Crippen molar-refractivity contribution in [3.63, 3.8) is 0 Å². The van der Waals surface area contributed by atoms with Gasteiger partial charge in [0.1, 0.15) is 0 Å². The van der Waals surface area contributed by atoms with E-state index in [0.717, 1.165) is 0 Å². The zero-order valence-corrected chi connectivity index (χ0v) is 6.97. The SMILES string of the molecule is COC(=O)[C@H](C)C(C)(C)N. The lowest BCUT2D eigenvalue weighted by atomic mass is 9.90. The van der Waals surface area contributed by atoms with Crippen molar-refractivity contribution in [2.24, 2.45) is 11.7 Å². The van der Waals surface area contributed by atoms with E-state index in [1.165, 1.54) is 7.11 Å². The second-order valence-electron chi connectivity index (χ2n) is 3.07. The molecule has 0 radical (unpaired) electrons. The normalized spacial score (nSPS) is 14.5. The third kappa shape index (κ3) is 2.35. The van der Waals surface area contributed by atoms with Crippen LogP contribution in [0.3, 0.4) is 0 Å². The second kappa shape index (κ2) is 3.01. The summed E-state index contributed by atoms with van der Waals surface area (Å²) in [6.45, 7) is 5.36. The fraction of sp³-hybridized carbons (Fsp3) is 0.857. The standard InChI is InChI=1S/C7H15NO2/c1-5(6(9)10-4)7(2,3)8/h5H,8H2,1-4H3/t5-/m0/s1. The molecule has 0 spiro atoms. The minimum absolute atomic E-state index is 0.252. The van der Waals surface area contributed by atoms with Gasteiger partial charge >= 0.3 is 5.97 Å². The van der Waals surface area contributed by atoms with Crippen molar-refractivity contribution in [2.75, 3.05) is 7.11 Å². The molecule has 0 aliphatic heterocycles. The number of ether oxygens (including phenoxy) is 1. The second-order valence-corrected chi connectivity index (χ2v) is 3.07. The number of hydrogen-bond acceptors (Lipinski definition) is 3. The Bertz CT molecular complexity index is 126. The first-order valence-corrected chi connectivity index (χ1v) is 3.26. The Morgan fingerprint density at radius 2 is 2.00 bits per heavy atom. The first-order chi connectivity index (χ1) is 4.39. The first kappa shape index (κ1) is 9.43. The quantitative estimate of drug-likeness (QED) is 0.577. The van der Waals surface area contributed by atoms with Crippen molar-refractivity contribution in [3.8, 4) is 0 Å². The van der Waals surface area contributed by atoms with Crippen LogP contribution < -0.4 is 5.73 Å². The van der Waals surface area contributed by atoms with E-state index in [9.17, 15) is 4.79 Å². The van der Waals surface area contributed by atoms with Gasteiger partial charge in [-0.15, -0.1) is 0 Å². The van der Waals surface area contributed by atoms with Crippen LogP contribution in [0.5, 0.6) is 0 Å². The summed E-state index contributed by atoms with van der Waals surface area (Å²) in [4.78, 5) is 10.9. The zero-order chi connectivity index (χ0) is 8.36. The number of carbonyl (C=O) groups is 1. The molecule has 60 valence electrons. The maximum atomic E-state index is 10.9. The Morgan fingerprint density at radius 3 is 2.10 bits per heavy atom. The summed E-state index contributed by atoms with van der Waals surface area (Å²) in [5.41, 5.74) is 5.16. The van der Waals surface area contributed by atoms with Crippen molar-refractivity contribution in [1.82, 2.24) is 0 Å². The first-order valence-electron chi connectivity index (χ1n) is 3.26. The van der Waals surface area contributed by atoms with E-state index in [1.807, 2.05) is 0 Å². The van der Waals surface area contributed by atoms with Crippen LogP contribution in [0.4, 0.5) is 0 Å². The van der Waals surface area contributed by atoms with Crippen molar-refractivity contribution in [3.05, 3.63) is 0 Å². The fourth-order valence-corrected chi connectivity index (χ4v) is 0.481. The molecule has 1 atom stereocenters. The van der Waals surface area contributed by atoms with E-state index in [0.29, 0.717) is 0 Å². The Morgan fingerprint density at radius 1 is 1.60 bits per heavy atom. The summed E-state index contributed by atoms with van der Waals surface area (Å²) in [7, 11) is 1.37. The molecule has 0 rings (SSSR count). The van der Waals surface area contributed by atoms with Gasteiger partial charge in [-0.2, -0.15) is 0 Å². The summed E-state index contributed by atoms with van der Waals surface area (Å²) < 4.78 is 4.52. The van der Waals surface area contributed by atoms with Crippen LogP contribution in [0.2, 0.25) is 0 Å². The van der Waals surface area contributed by atoms with Crippen molar-refractivity contribution in [1.29, 1.82) is 0 Å². The molecule has 0 aliphatic rings. The molecular weight excluding hydrogens is 130 g/mol. The minimum atomic E-state index is -0.493. The molecule has 3 nitrogen and oxygen atoms in total. The van der Waals surface area contributed by atoms with Crippen LogP contribution in [0.1, 0.15) is 20.8 Å². The van der Waals surface area contributed by atoms with Gasteiger partial charge in [0.2, 0.25) is 0 Å². The predicted molar refractivity (Wildman–Crippen MR) is 39.4 cm³/mol. The van der Waals surface area contributed by atoms with E-state index in [2.05, 4.69) is 4.74 Å². The number of rotatable bonds is 2. The highest BCUT2D eigenvalue weighted by molar-refractivity contribution is 5.73. The Hall–Kier alpha value is -0.570. The van der Waals surface area contributed by atoms with Crippen LogP contribution in [-0.4, -0.2) is 18.6 Å². The molecule has 0 aromatic rings. The molecule has 2 N–H and O–H groups in total. The number of esters is 1. The van der Waals surface area contributed by atoms with Crippen LogP contribution >= 0.6 is 0 Å². The molecular formula is C7H15NO2. The van der Waals surface area contributed by atoms with Crippen LogP contribution in [0.15, 0.2) is 0 Å². The minimum Gasteiger partial charge on any atom is -0.469 e. The smallest absolute Gasteiger partial charge is 0.310 e. The largest absolute Gasteiger partial charge is 0.469 e. The summed E-state index contributed by atoms with van der Waals surface area (Å²) in [6, 6.07) is 0. The third-order valence-corrected chi connectivity index (χ3v) is 1.67. The number of hydrogen-bond donors (Lipinski definition) is 1. The third-order valence-electron chi connectivity index (χ3n) is 1.67. The van der Waals surface area contributed by atoms with Gasteiger partial charge in [-0.3, -0.25) is 4.79 Å². The molecule has 0 saturated carbocycles. The highest BCUT2D eigenvalue weighted by atomic mass is 16.5. The molecule has 0 fully saturated rings. The lowest BCUT2D eigenvalue weighted by molar-refractivity contribution is -0.146. The van der Waals surface area contributed by atoms with E-state index >= 15 is 0 Å². The highest BCUT2D eigenvalue weighted by Crippen LogP contribution is 2.13. The molecule has 0 aliphatic carbocycles. The van der Waals surface area contributed by atoms with Gasteiger partial charge in [-0.1, -0.05) is 6.92 Å². The molecule has 0 aromatic heterocycles. The molecule has 3 heteroatoms. The topological polar surface area (TPSA) is 52.3 Å². The highest BCUT2D eigenvalue weighted by Gasteiger charge is 2.27. The summed E-state index contributed by atoms with van der Waals surface area (Å²) in [5.74, 6) is -0.509. The Balaban J connectivity index is 4.08. The maximum absolute atomic E-state index is 10.9. The van der Waals surface area contributed by atoms with Crippen molar-refractivity contribution < 1.29 is 9.53 Å². The summed E-state index contributed by atoms with van der Waals surface area (Å²) in [6.07, 6.45) is 0. The molecule has 0 unspecified atom stereocenters. The van der Waals surface area contributed by atoms with Crippen LogP contribution in [-0.2, 0) is 9.53 Å². The Kier molecular flexibility index (Phi) is 2.84. The van der Waals surface area contributed by atoms with Gasteiger partial charge in [-0.05, 0) is 13.8 Å². The lowest BCUT2D eigenvalue weighted by Gasteiger charge is -2.24. The summed E-state index contributed by atoms with van der Waals surface area (Å²) >= 11 is 0. The van der Waals surface area contributed by atoms with Gasteiger partial charge in [0, 0.05) is 5.54 Å². The lowest BCUT2D eigenvalue weighted by Crippen LogP contribution is -2.43. The number of methoxy groups -OCH3 is 1. The molecule has 0 saturated heterocycles. The van der Waals surface area contributed by atoms with Gasteiger partial charge < -0.3 is 10.5 Å². The molecule has 0 heterocycles. The summed E-state index contributed by atoms with van der Waals surface area (Å²) in [5, 5.41) is 0. The van der Waals surface area contributed by atoms with Crippen molar-refractivity contribution in [2.45, 2.75) is 26.3 Å². The zero-order valence-electron chi connectivity index (χ0n) is 6.97. The molecule has 0 aromatic carbocycles. The van der Waals surface area contributed by atoms with E-state index in [1.54, 1.807) is 20.8 Å². The predicted octanol–water partition coefficient (Wildman–Crippen LogP) is 0.533. The van der Waals surface area contributed by atoms with Gasteiger partial charge in [0.25, 0.3) is 0 Å². The Labute approximate surface area is 61.5 Å². The molecule has 0 bridgehead atoms. The maximum Gasteiger partial charge on any atom is 0.310 e. The van der Waals surface area contributed by atoms with E-state index < -0.39 is 5.54 Å². The molecule has 0 amide bonds. The number of carbonyl (C=O) groups excluding carboxylic acids is 1. The van der Waals surface area contributed by atoms with Crippen LogP contribution in [0.25, 0.3) is 0 Å². The fourth-order valence-electron chi connectivity index (χ4n) is 0.481. The van der Waals surface area contributed by atoms with Gasteiger partial charge in [0.15, 0.2) is 0 Å². The van der Waals surface area contributed by atoms with Gasteiger partial charge in [-0.25, -0.2) is 0 Å². The van der Waals surface area contributed by atoms with Gasteiger partial charge in [0.05, 0.1) is 13.0 Å². The molecule has 10 heavy (non-hydrogen) atoms. The van der Waals surface area contributed by atoms with Crippen LogP contribution in [0, 0.1) is 5.92 Å². The van der Waals surface area contributed by atoms with Crippen molar-refractivity contribution >= 4 is 5.97 Å². The average molecular weight is 145 g/mol. The van der Waals surface area contributed by atoms with E-state index in [4.69, 9.17) is 5.73 Å². The van der Waals surface area contributed by atoms with E-state index in [-0.39, 0.29) is 11.9 Å². The monoisotopic (exact) mass is 145 g/mol.